The van der Waals surface area contributed by atoms with Gasteiger partial charge in [0, 0.05) is 31.5 Å². The Labute approximate surface area is 106 Å². The first-order chi connectivity index (χ1) is 8.66. The van der Waals surface area contributed by atoms with Crippen LogP contribution in [0.15, 0.2) is 23.3 Å². The van der Waals surface area contributed by atoms with Gasteiger partial charge in [-0.15, -0.1) is 0 Å². The van der Waals surface area contributed by atoms with Crippen molar-refractivity contribution >= 4 is 5.91 Å². The molecule has 1 atom stereocenters. The number of rotatable bonds is 3. The molecular formula is C13H19N3O2. The summed E-state index contributed by atoms with van der Waals surface area (Å²) in [7, 11) is 2.09. The van der Waals surface area contributed by atoms with Crippen LogP contribution in [0.2, 0.25) is 0 Å². The van der Waals surface area contributed by atoms with Gasteiger partial charge in [-0.3, -0.25) is 9.59 Å². The first-order valence-corrected chi connectivity index (χ1v) is 6.30. The topological polar surface area (TPSA) is 65.2 Å². The standard InChI is InChI=1S/C13H19N3O2/c1-16-6-2-3-10(9-16)7-15-13(18)11-8-14-5-4-12(11)17/h4-5,8,10H,2-3,6-7,9H2,1H3,(H,14,17)(H,15,18). The lowest BCUT2D eigenvalue weighted by Crippen LogP contribution is -2.39. The summed E-state index contributed by atoms with van der Waals surface area (Å²) in [6.45, 7) is 2.77. The SMILES string of the molecule is CN1CCCC(CNC(=O)c2c[nH]ccc2=O)C1. The highest BCUT2D eigenvalue weighted by atomic mass is 16.2. The predicted molar refractivity (Wildman–Crippen MR) is 69.6 cm³/mol. The average molecular weight is 249 g/mol. The Kier molecular flexibility index (Phi) is 4.15. The highest BCUT2D eigenvalue weighted by molar-refractivity contribution is 5.93. The molecule has 1 fully saturated rings. The van der Waals surface area contributed by atoms with Crippen LogP contribution in [0.5, 0.6) is 0 Å². The van der Waals surface area contributed by atoms with E-state index in [1.807, 2.05) is 0 Å². The van der Waals surface area contributed by atoms with Crippen LogP contribution >= 0.6 is 0 Å². The van der Waals surface area contributed by atoms with Crippen molar-refractivity contribution in [1.82, 2.24) is 15.2 Å². The Balaban J connectivity index is 1.89. The molecule has 0 aromatic carbocycles. The Morgan fingerprint density at radius 2 is 2.44 bits per heavy atom. The van der Waals surface area contributed by atoms with Gasteiger partial charge in [0.25, 0.3) is 5.91 Å². The smallest absolute Gasteiger partial charge is 0.256 e. The second kappa shape index (κ2) is 5.82. The van der Waals surface area contributed by atoms with Crippen LogP contribution in [-0.2, 0) is 0 Å². The lowest BCUT2D eigenvalue weighted by molar-refractivity contribution is 0.0935. The van der Waals surface area contributed by atoms with Crippen LogP contribution in [0.3, 0.4) is 0 Å². The molecule has 1 unspecified atom stereocenters. The second-order valence-corrected chi connectivity index (χ2v) is 4.90. The summed E-state index contributed by atoms with van der Waals surface area (Å²) >= 11 is 0. The van der Waals surface area contributed by atoms with Gasteiger partial charge in [-0.2, -0.15) is 0 Å². The summed E-state index contributed by atoms with van der Waals surface area (Å²) < 4.78 is 0. The van der Waals surface area contributed by atoms with E-state index in [1.165, 1.54) is 24.9 Å². The number of carbonyl (C=O) groups is 1. The summed E-state index contributed by atoms with van der Waals surface area (Å²) in [5.74, 6) is 0.195. The molecule has 98 valence electrons. The fourth-order valence-electron chi connectivity index (χ4n) is 2.37. The van der Waals surface area contributed by atoms with Gasteiger partial charge < -0.3 is 15.2 Å². The molecule has 1 aliphatic heterocycles. The summed E-state index contributed by atoms with van der Waals surface area (Å²) in [6, 6.07) is 1.36. The first-order valence-electron chi connectivity index (χ1n) is 6.30. The summed E-state index contributed by atoms with van der Waals surface area (Å²) in [5.41, 5.74) is -0.0614. The van der Waals surface area contributed by atoms with E-state index in [1.54, 1.807) is 0 Å². The number of nitrogens with zero attached hydrogens (tertiary/aromatic N) is 1. The van der Waals surface area contributed by atoms with Crippen LogP contribution in [0.4, 0.5) is 0 Å². The van der Waals surface area contributed by atoms with E-state index < -0.39 is 0 Å². The molecule has 0 spiro atoms. The molecule has 18 heavy (non-hydrogen) atoms. The molecular weight excluding hydrogens is 230 g/mol. The number of hydrogen-bond donors (Lipinski definition) is 2. The lowest BCUT2D eigenvalue weighted by atomic mass is 9.98. The van der Waals surface area contributed by atoms with Crippen LogP contribution in [-0.4, -0.2) is 42.5 Å². The van der Waals surface area contributed by atoms with E-state index >= 15 is 0 Å². The maximum Gasteiger partial charge on any atom is 0.256 e. The lowest BCUT2D eigenvalue weighted by Gasteiger charge is -2.29. The van der Waals surface area contributed by atoms with Crippen molar-refractivity contribution in [3.05, 3.63) is 34.2 Å². The number of amides is 1. The van der Waals surface area contributed by atoms with E-state index in [-0.39, 0.29) is 16.9 Å². The number of aromatic amines is 1. The third-order valence-electron chi connectivity index (χ3n) is 3.34. The third kappa shape index (κ3) is 3.20. The molecule has 1 saturated heterocycles. The Morgan fingerprint density at radius 1 is 1.61 bits per heavy atom. The van der Waals surface area contributed by atoms with Gasteiger partial charge in [0.15, 0.2) is 5.43 Å². The van der Waals surface area contributed by atoms with Crippen LogP contribution in [0.1, 0.15) is 23.2 Å². The number of nitrogens with one attached hydrogen (secondary N) is 2. The van der Waals surface area contributed by atoms with E-state index in [0.717, 1.165) is 19.5 Å². The summed E-state index contributed by atoms with van der Waals surface area (Å²) in [4.78, 5) is 28.4. The van der Waals surface area contributed by atoms with Crippen molar-refractivity contribution in [1.29, 1.82) is 0 Å². The molecule has 5 nitrogen and oxygen atoms in total. The zero-order valence-corrected chi connectivity index (χ0v) is 10.6. The van der Waals surface area contributed by atoms with Crippen molar-refractivity contribution in [2.24, 2.45) is 5.92 Å². The monoisotopic (exact) mass is 249 g/mol. The first kappa shape index (κ1) is 12.8. The highest BCUT2D eigenvalue weighted by Crippen LogP contribution is 2.13. The molecule has 0 bridgehead atoms. The highest BCUT2D eigenvalue weighted by Gasteiger charge is 2.18. The summed E-state index contributed by atoms with van der Waals surface area (Å²) in [6.07, 6.45) is 5.28. The fraction of sp³-hybridized carbons (Fsp3) is 0.538. The van der Waals surface area contributed by atoms with Gasteiger partial charge in [0.05, 0.1) is 0 Å². The van der Waals surface area contributed by atoms with Crippen molar-refractivity contribution in [2.45, 2.75) is 12.8 Å². The molecule has 1 aliphatic rings. The fourth-order valence-corrected chi connectivity index (χ4v) is 2.37. The van der Waals surface area contributed by atoms with Gasteiger partial charge in [-0.25, -0.2) is 0 Å². The largest absolute Gasteiger partial charge is 0.367 e. The zero-order valence-electron chi connectivity index (χ0n) is 10.6. The molecule has 0 radical (unpaired) electrons. The Bertz CT molecular complexity index is 469. The molecule has 0 saturated carbocycles. The van der Waals surface area contributed by atoms with Gasteiger partial charge in [-0.05, 0) is 32.4 Å². The Morgan fingerprint density at radius 3 is 3.17 bits per heavy atom. The van der Waals surface area contributed by atoms with Crippen LogP contribution < -0.4 is 10.7 Å². The Hall–Kier alpha value is -1.62. The molecule has 2 N–H and O–H groups in total. The maximum absolute atomic E-state index is 11.8. The molecule has 1 amide bonds. The van der Waals surface area contributed by atoms with E-state index in [4.69, 9.17) is 0 Å². The minimum atomic E-state index is -0.287. The number of hydrogen-bond acceptors (Lipinski definition) is 3. The van der Waals surface area contributed by atoms with Crippen LogP contribution in [0, 0.1) is 5.92 Å². The van der Waals surface area contributed by atoms with Gasteiger partial charge in [0.2, 0.25) is 0 Å². The van der Waals surface area contributed by atoms with Crippen molar-refractivity contribution in [3.8, 4) is 0 Å². The molecule has 0 aliphatic carbocycles. The van der Waals surface area contributed by atoms with E-state index in [2.05, 4.69) is 22.2 Å². The van der Waals surface area contributed by atoms with Gasteiger partial charge in [-0.1, -0.05) is 0 Å². The van der Waals surface area contributed by atoms with Gasteiger partial charge in [0.1, 0.15) is 5.56 Å². The normalized spacial score (nSPS) is 20.6. The van der Waals surface area contributed by atoms with Gasteiger partial charge >= 0.3 is 0 Å². The third-order valence-corrected chi connectivity index (χ3v) is 3.34. The number of H-pyrrole nitrogens is 1. The quantitative estimate of drug-likeness (QED) is 0.817. The number of likely N-dealkylation sites (tertiary alicyclic amines) is 1. The number of piperidine rings is 1. The minimum absolute atomic E-state index is 0.182. The number of aromatic nitrogens is 1. The van der Waals surface area contributed by atoms with Crippen LogP contribution in [0.25, 0.3) is 0 Å². The molecule has 5 heteroatoms. The van der Waals surface area contributed by atoms with E-state index in [9.17, 15) is 9.59 Å². The zero-order chi connectivity index (χ0) is 13.0. The number of carbonyl (C=O) groups excluding carboxylic acids is 1. The maximum atomic E-state index is 11.8. The summed E-state index contributed by atoms with van der Waals surface area (Å²) in [5, 5.41) is 2.84. The molecule has 1 aromatic rings. The predicted octanol–water partition coefficient (Wildman–Crippen LogP) is 0.446. The molecule has 2 heterocycles. The average Bonchev–Trinajstić information content (AvgIpc) is 2.37. The van der Waals surface area contributed by atoms with Crippen molar-refractivity contribution in [2.75, 3.05) is 26.7 Å². The van der Waals surface area contributed by atoms with Crippen molar-refractivity contribution in [3.63, 3.8) is 0 Å². The second-order valence-electron chi connectivity index (χ2n) is 4.90. The van der Waals surface area contributed by atoms with E-state index in [0.29, 0.717) is 12.5 Å². The van der Waals surface area contributed by atoms with Crippen molar-refractivity contribution < 1.29 is 4.79 Å². The number of pyridine rings is 1. The molecule has 1 aromatic heterocycles. The minimum Gasteiger partial charge on any atom is -0.367 e. The molecule has 2 rings (SSSR count).